The van der Waals surface area contributed by atoms with Crippen molar-refractivity contribution in [2.75, 3.05) is 44.6 Å². The summed E-state index contributed by atoms with van der Waals surface area (Å²) in [6.07, 6.45) is 2.12. The zero-order chi connectivity index (χ0) is 14.4. The van der Waals surface area contributed by atoms with Crippen molar-refractivity contribution in [2.24, 2.45) is 5.84 Å². The molecule has 0 fully saturated rings. The summed E-state index contributed by atoms with van der Waals surface area (Å²) in [7, 11) is 5.71. The largest absolute Gasteiger partial charge is 0.354 e. The summed E-state index contributed by atoms with van der Waals surface area (Å²) in [4.78, 5) is 22.0. The van der Waals surface area contributed by atoms with Crippen molar-refractivity contribution in [3.63, 3.8) is 0 Å². The van der Waals surface area contributed by atoms with E-state index in [0.29, 0.717) is 6.54 Å². The molecule has 0 atom stereocenters. The minimum atomic E-state index is -0.535. The molecule has 1 aromatic heterocycles. The van der Waals surface area contributed by atoms with Crippen molar-refractivity contribution in [3.05, 3.63) is 16.4 Å². The smallest absolute Gasteiger partial charge is 0.354 e. The van der Waals surface area contributed by atoms with E-state index in [1.165, 1.54) is 6.33 Å². The van der Waals surface area contributed by atoms with E-state index in [-0.39, 0.29) is 17.3 Å². The highest BCUT2D eigenvalue weighted by Crippen LogP contribution is 2.30. The molecule has 3 N–H and O–H groups in total. The quantitative estimate of drug-likeness (QED) is 0.406. The molecule has 0 aliphatic carbocycles. The van der Waals surface area contributed by atoms with Crippen LogP contribution in [0.4, 0.5) is 17.3 Å². The number of hydrogen-bond donors (Lipinski definition) is 2. The molecule has 0 amide bonds. The summed E-state index contributed by atoms with van der Waals surface area (Å²) < 4.78 is 0. The number of hydrazine groups is 1. The van der Waals surface area contributed by atoms with Gasteiger partial charge >= 0.3 is 5.69 Å². The molecule has 0 aliphatic rings. The highest BCUT2D eigenvalue weighted by atomic mass is 16.6. The van der Waals surface area contributed by atoms with Crippen LogP contribution in [0.25, 0.3) is 0 Å². The van der Waals surface area contributed by atoms with E-state index in [1.807, 2.05) is 14.1 Å². The third-order valence-electron chi connectivity index (χ3n) is 2.58. The van der Waals surface area contributed by atoms with Gasteiger partial charge in [0.25, 0.3) is 0 Å². The Kier molecular flexibility index (Phi) is 5.39. The van der Waals surface area contributed by atoms with Crippen LogP contribution in [0.1, 0.15) is 6.42 Å². The van der Waals surface area contributed by atoms with E-state index >= 15 is 0 Å². The highest BCUT2D eigenvalue weighted by Gasteiger charge is 2.24. The van der Waals surface area contributed by atoms with Crippen molar-refractivity contribution in [1.29, 1.82) is 0 Å². The van der Waals surface area contributed by atoms with Gasteiger partial charge in [0.15, 0.2) is 0 Å². The van der Waals surface area contributed by atoms with Crippen LogP contribution in [0.2, 0.25) is 0 Å². The lowest BCUT2D eigenvalue weighted by atomic mass is 10.3. The Balaban J connectivity index is 2.89. The van der Waals surface area contributed by atoms with Gasteiger partial charge in [-0.05, 0) is 27.1 Å². The van der Waals surface area contributed by atoms with Crippen LogP contribution < -0.4 is 16.2 Å². The molecule has 0 radical (unpaired) electrons. The van der Waals surface area contributed by atoms with Gasteiger partial charge in [-0.15, -0.1) is 0 Å². The van der Waals surface area contributed by atoms with Gasteiger partial charge in [0, 0.05) is 13.6 Å². The maximum Gasteiger partial charge on any atom is 0.354 e. The van der Waals surface area contributed by atoms with E-state index in [4.69, 9.17) is 5.84 Å². The molecule has 0 unspecified atom stereocenters. The van der Waals surface area contributed by atoms with Crippen LogP contribution in [0.5, 0.6) is 0 Å². The summed E-state index contributed by atoms with van der Waals surface area (Å²) in [6.45, 7) is 1.55. The van der Waals surface area contributed by atoms with Gasteiger partial charge in [0.05, 0.1) is 4.92 Å². The van der Waals surface area contributed by atoms with Gasteiger partial charge in [-0.2, -0.15) is 0 Å². The van der Waals surface area contributed by atoms with Crippen LogP contribution >= 0.6 is 0 Å². The first-order valence-corrected chi connectivity index (χ1v) is 5.79. The number of nitrogens with zero attached hydrogens (tertiary/aromatic N) is 5. The van der Waals surface area contributed by atoms with E-state index < -0.39 is 4.92 Å². The fourth-order valence-corrected chi connectivity index (χ4v) is 1.65. The molecule has 0 aromatic carbocycles. The second-order valence-electron chi connectivity index (χ2n) is 4.37. The lowest BCUT2D eigenvalue weighted by Gasteiger charge is -2.19. The van der Waals surface area contributed by atoms with Crippen LogP contribution in [0.3, 0.4) is 0 Å². The summed E-state index contributed by atoms with van der Waals surface area (Å²) in [5.41, 5.74) is 2.01. The van der Waals surface area contributed by atoms with E-state index in [9.17, 15) is 10.1 Å². The third-order valence-corrected chi connectivity index (χ3v) is 2.58. The first-order valence-electron chi connectivity index (χ1n) is 5.79. The van der Waals surface area contributed by atoms with E-state index in [0.717, 1.165) is 13.0 Å². The molecule has 106 valence electrons. The zero-order valence-electron chi connectivity index (χ0n) is 11.3. The Morgan fingerprint density at radius 2 is 2.05 bits per heavy atom. The molecule has 0 spiro atoms. The fraction of sp³-hybridized carbons (Fsp3) is 0.600. The monoisotopic (exact) mass is 269 g/mol. The number of nitrogen functional groups attached to an aromatic ring is 1. The molecule has 0 saturated carbocycles. The van der Waals surface area contributed by atoms with Crippen molar-refractivity contribution >= 4 is 17.3 Å². The van der Waals surface area contributed by atoms with Gasteiger partial charge in [0.1, 0.15) is 6.33 Å². The molecule has 0 aliphatic heterocycles. The second-order valence-corrected chi connectivity index (χ2v) is 4.37. The summed E-state index contributed by atoms with van der Waals surface area (Å²) in [6, 6.07) is 0. The van der Waals surface area contributed by atoms with Crippen molar-refractivity contribution < 1.29 is 4.92 Å². The van der Waals surface area contributed by atoms with Crippen molar-refractivity contribution in [2.45, 2.75) is 6.42 Å². The maximum absolute atomic E-state index is 11.1. The van der Waals surface area contributed by atoms with Crippen LogP contribution in [0, 0.1) is 10.1 Å². The minimum Gasteiger partial charge on any atom is -0.354 e. The molecular weight excluding hydrogens is 250 g/mol. The summed E-state index contributed by atoms with van der Waals surface area (Å²) >= 11 is 0. The number of hydrogen-bond acceptors (Lipinski definition) is 8. The van der Waals surface area contributed by atoms with Gasteiger partial charge in [-0.25, -0.2) is 15.8 Å². The van der Waals surface area contributed by atoms with Gasteiger partial charge in [-0.3, -0.25) is 10.1 Å². The number of nitrogens with two attached hydrogens (primary N) is 1. The van der Waals surface area contributed by atoms with Crippen LogP contribution in [-0.4, -0.2) is 54.0 Å². The van der Waals surface area contributed by atoms with E-state index in [2.05, 4.69) is 20.3 Å². The molecule has 9 heteroatoms. The first-order chi connectivity index (χ1) is 8.97. The molecule has 0 saturated heterocycles. The average Bonchev–Trinajstić information content (AvgIpc) is 2.36. The Bertz CT molecular complexity index is 438. The normalized spacial score (nSPS) is 10.6. The SMILES string of the molecule is CN(C)CCCN(C)c1ncnc(NN)c1[N+](=O)[O-]. The lowest BCUT2D eigenvalue weighted by molar-refractivity contribution is -0.383. The Labute approximate surface area is 111 Å². The fourth-order valence-electron chi connectivity index (χ4n) is 1.65. The second kappa shape index (κ2) is 6.81. The Hall–Kier alpha value is -2.00. The predicted octanol–water partition coefficient (Wildman–Crippen LogP) is 0.0583. The molecular formula is C10H19N7O2. The van der Waals surface area contributed by atoms with Gasteiger partial charge in [0.2, 0.25) is 11.6 Å². The van der Waals surface area contributed by atoms with Crippen LogP contribution in [-0.2, 0) is 0 Å². The molecule has 1 rings (SSSR count). The van der Waals surface area contributed by atoms with Gasteiger partial charge < -0.3 is 15.2 Å². The third kappa shape index (κ3) is 4.00. The average molecular weight is 269 g/mol. The van der Waals surface area contributed by atoms with Gasteiger partial charge in [-0.1, -0.05) is 0 Å². The zero-order valence-corrected chi connectivity index (χ0v) is 11.3. The Morgan fingerprint density at radius 3 is 2.58 bits per heavy atom. The number of rotatable bonds is 7. The Morgan fingerprint density at radius 1 is 1.37 bits per heavy atom. The maximum atomic E-state index is 11.1. The molecule has 19 heavy (non-hydrogen) atoms. The number of nitrogens with one attached hydrogen (secondary N) is 1. The molecule has 1 heterocycles. The standard InChI is InChI=1S/C10H19N7O2/c1-15(2)5-4-6-16(3)10-8(17(18)19)9(14-11)12-7-13-10/h7H,4-6,11H2,1-3H3,(H,12,13,14). The minimum absolute atomic E-state index is 0.00876. The van der Waals surface area contributed by atoms with Crippen LogP contribution in [0.15, 0.2) is 6.33 Å². The van der Waals surface area contributed by atoms with Crippen molar-refractivity contribution in [3.8, 4) is 0 Å². The molecule has 9 nitrogen and oxygen atoms in total. The molecule has 1 aromatic rings. The molecule has 0 bridgehead atoms. The summed E-state index contributed by atoms with van der Waals surface area (Å²) in [5, 5.41) is 11.1. The number of anilines is 2. The number of aromatic nitrogens is 2. The summed E-state index contributed by atoms with van der Waals surface area (Å²) in [5.74, 6) is 5.49. The highest BCUT2D eigenvalue weighted by molar-refractivity contribution is 5.69. The number of nitro groups is 1. The predicted molar refractivity (Wildman–Crippen MR) is 72.9 cm³/mol. The van der Waals surface area contributed by atoms with E-state index in [1.54, 1.807) is 11.9 Å². The first kappa shape index (κ1) is 15.1. The lowest BCUT2D eigenvalue weighted by Crippen LogP contribution is -2.25. The van der Waals surface area contributed by atoms with Crippen molar-refractivity contribution in [1.82, 2.24) is 14.9 Å². The topological polar surface area (TPSA) is 113 Å².